The van der Waals surface area contributed by atoms with Gasteiger partial charge < -0.3 is 75.4 Å². The van der Waals surface area contributed by atoms with Crippen molar-refractivity contribution in [2.24, 2.45) is 62.4 Å². The molecule has 6 aromatic heterocycles. The molecule has 25 nitrogen and oxygen atoms in total. The Kier molecular flexibility index (Phi) is 24.2. The molecule has 0 amide bonds. The summed E-state index contributed by atoms with van der Waals surface area (Å²) >= 11 is 10.6. The Hall–Kier alpha value is -10.1. The quantitative estimate of drug-likeness (QED) is 0.0285. The number of carbonyl (C=O) groups is 1. The first-order valence-electron chi connectivity index (χ1n) is 38.8. The number of nitrogens with one attached hydrogen (secondary N) is 2. The summed E-state index contributed by atoms with van der Waals surface area (Å²) in [5, 5.41) is 91.2. The fraction of sp³-hybridized carbons (Fsp3) is 0.322. The van der Waals surface area contributed by atoms with Gasteiger partial charge in [-0.25, -0.2) is 0 Å². The first-order chi connectivity index (χ1) is 57.3. The van der Waals surface area contributed by atoms with Gasteiger partial charge in [0.2, 0.25) is 0 Å². The summed E-state index contributed by atoms with van der Waals surface area (Å²) in [6.07, 6.45) is 15.6. The summed E-state index contributed by atoms with van der Waals surface area (Å²) in [6, 6.07) is 59.0. The standard InChI is InChI=1S/2C30H31BrN4O4.C25H25BrN2O4.C5H6N2O/c2*1-35-22(12-13-34-35)14-32-15-24-23(18-36)27(19-6-4-3-5-7-19)30(20-8-10-21(31)11-9-20)29(24,37)28-25(38-2)16-33-17-26(28)39-30;1-31-20-12-28-13-21-23(20)24(30)19(11-27)18(14-29)22(15-5-3-2-4-6-15)25(24,32-21)16-7-9-17(26)10-8-16;1-7-5(4-8)2-3-6-7/h2*3-13,16-17,23-24,27,32,36-37H,14-15,18H2,1-2H3;2-10,12-13,18-19,22,29-30H,11,14,27H2,1H3;2-4H,1H3/t2*23-,24-,27+,29+,30-;18-,19-,22+,24+,25-;/m000./s1. The van der Waals surface area contributed by atoms with Crippen molar-refractivity contribution in [1.82, 2.24) is 54.9 Å². The molecule has 118 heavy (non-hydrogen) atoms. The summed E-state index contributed by atoms with van der Waals surface area (Å²) in [5.41, 5.74) is 7.54. The van der Waals surface area contributed by atoms with Crippen LogP contribution in [0.3, 0.4) is 0 Å². The average molecular weight is 1790 g/mol. The van der Waals surface area contributed by atoms with Gasteiger partial charge in [-0.15, -0.1) is 0 Å². The van der Waals surface area contributed by atoms with E-state index in [1.807, 2.05) is 199 Å². The van der Waals surface area contributed by atoms with E-state index in [0.29, 0.717) is 83.1 Å². The SMILES string of the molecule is COc1cncc2c1[C@]1(O)[C@@H](CN)[C@H](CO)[C@@H](c3ccccc3)[C@]1(c1ccc(Br)cc1)O2.COc1cncc2c1[C@]1(O)[C@@H](CNCc3ccnn3C)[C@H](CO)[C@@H](c3ccccc3)[C@]1(c1ccc(Br)cc1)O2.COc1cncc2c1[C@]1(O)[C@@H](CNCc3ccnn3C)[C@H](CO)[C@@H](c3ccccc3)[C@]1(c1ccc(Br)cc1)O2.Cn1nccc1C=O. The number of aryl methyl sites for hydroxylation is 3. The first-order valence-corrected chi connectivity index (χ1v) is 41.2. The second-order valence-electron chi connectivity index (χ2n) is 30.4. The van der Waals surface area contributed by atoms with Crippen LogP contribution < -0.4 is 44.8 Å². The van der Waals surface area contributed by atoms with Crippen molar-refractivity contribution < 1.29 is 63.9 Å². The van der Waals surface area contributed by atoms with Crippen molar-refractivity contribution in [2.75, 3.05) is 60.8 Å². The van der Waals surface area contributed by atoms with E-state index in [1.54, 1.807) is 90.2 Å². The maximum atomic E-state index is 13.3. The minimum absolute atomic E-state index is 0.135. The third-order valence-electron chi connectivity index (χ3n) is 25.0. The zero-order valence-corrected chi connectivity index (χ0v) is 70.5. The first kappa shape index (κ1) is 83.0. The van der Waals surface area contributed by atoms with Crippen LogP contribution >= 0.6 is 47.8 Å². The van der Waals surface area contributed by atoms with E-state index >= 15 is 0 Å². The number of nitrogens with zero attached hydrogens (tertiary/aromatic N) is 9. The summed E-state index contributed by atoms with van der Waals surface area (Å²) in [4.78, 5) is 23.0. The number of nitrogens with two attached hydrogens (primary N) is 1. The number of aliphatic hydroxyl groups is 6. The molecule has 3 aliphatic carbocycles. The molecule has 0 unspecified atom stereocenters. The molecule has 3 aliphatic heterocycles. The van der Waals surface area contributed by atoms with Crippen molar-refractivity contribution >= 4 is 54.1 Å². The molecule has 0 saturated heterocycles. The van der Waals surface area contributed by atoms with Crippen LogP contribution in [0.1, 0.15) is 89.7 Å². The highest BCUT2D eigenvalue weighted by Gasteiger charge is 2.79. The highest BCUT2D eigenvalue weighted by atomic mass is 79.9. The lowest BCUT2D eigenvalue weighted by Crippen LogP contribution is -2.52. The number of pyridine rings is 3. The number of ether oxygens (including phenoxy) is 6. The molecule has 0 radical (unpaired) electrons. The van der Waals surface area contributed by atoms with Gasteiger partial charge in [0.1, 0.15) is 57.0 Å². The lowest BCUT2D eigenvalue weighted by Gasteiger charge is -2.42. The van der Waals surface area contributed by atoms with Gasteiger partial charge in [0.15, 0.2) is 23.1 Å². The number of aldehydes is 1. The molecule has 9 heterocycles. The predicted molar refractivity (Wildman–Crippen MR) is 451 cm³/mol. The van der Waals surface area contributed by atoms with E-state index in [1.165, 1.54) is 4.68 Å². The van der Waals surface area contributed by atoms with Crippen LogP contribution in [-0.4, -0.2) is 142 Å². The lowest BCUT2D eigenvalue weighted by molar-refractivity contribution is -0.128. The van der Waals surface area contributed by atoms with E-state index in [2.05, 4.69) is 88.7 Å². The average Bonchev–Trinajstić information content (AvgIpc) is 1.51. The Morgan fingerprint density at radius 3 is 1.00 bits per heavy atom. The minimum Gasteiger partial charge on any atom is -0.495 e. The topological polar surface area (TPSA) is 336 Å². The second-order valence-corrected chi connectivity index (χ2v) is 33.1. The third kappa shape index (κ3) is 13.5. The van der Waals surface area contributed by atoms with Gasteiger partial charge in [0, 0.05) is 152 Å². The number of hydrogen-bond donors (Lipinski definition) is 9. The molecule has 612 valence electrons. The summed E-state index contributed by atoms with van der Waals surface area (Å²) in [5.74, 6) is -0.758. The molecule has 15 atom stereocenters. The zero-order chi connectivity index (χ0) is 82.9. The molecule has 3 fully saturated rings. The number of rotatable bonds is 22. The molecule has 28 heteroatoms. The van der Waals surface area contributed by atoms with E-state index < -0.39 is 51.4 Å². The molecular formula is C90H93Br3N12O13. The van der Waals surface area contributed by atoms with Crippen LogP contribution in [0.25, 0.3) is 0 Å². The van der Waals surface area contributed by atoms with Crippen LogP contribution in [0.15, 0.2) is 251 Å². The van der Waals surface area contributed by atoms with Crippen molar-refractivity contribution in [3.8, 4) is 34.5 Å². The Morgan fingerprint density at radius 1 is 0.432 bits per heavy atom. The van der Waals surface area contributed by atoms with Crippen molar-refractivity contribution in [2.45, 2.75) is 64.4 Å². The Bertz CT molecular complexity index is 5250. The molecule has 6 aliphatic rings. The monoisotopic (exact) mass is 1790 g/mol. The summed E-state index contributed by atoms with van der Waals surface area (Å²) in [6.45, 7) is 1.71. The third-order valence-corrected chi connectivity index (χ3v) is 26.6. The highest BCUT2D eigenvalue weighted by molar-refractivity contribution is 9.11. The number of fused-ring (bicyclic) bond motifs is 9. The van der Waals surface area contributed by atoms with Gasteiger partial charge in [0.25, 0.3) is 0 Å². The van der Waals surface area contributed by atoms with Crippen LogP contribution in [0, 0.1) is 35.5 Å². The van der Waals surface area contributed by atoms with Gasteiger partial charge in [-0.05, 0) is 94.5 Å². The largest absolute Gasteiger partial charge is 0.495 e. The molecule has 3 saturated carbocycles. The minimum atomic E-state index is -1.56. The van der Waals surface area contributed by atoms with Gasteiger partial charge in [-0.1, -0.05) is 175 Å². The van der Waals surface area contributed by atoms with Crippen LogP contribution in [0.2, 0.25) is 0 Å². The molecular weight excluding hydrogens is 1700 g/mol. The van der Waals surface area contributed by atoms with E-state index in [-0.39, 0.29) is 61.9 Å². The van der Waals surface area contributed by atoms with Gasteiger partial charge in [-0.3, -0.25) is 33.8 Å². The summed E-state index contributed by atoms with van der Waals surface area (Å²) in [7, 11) is 10.2. The van der Waals surface area contributed by atoms with Gasteiger partial charge >= 0.3 is 0 Å². The lowest BCUT2D eigenvalue weighted by atomic mass is 9.70. The Balaban J connectivity index is 0.000000132. The fourth-order valence-electron chi connectivity index (χ4n) is 20.1. The number of methoxy groups -OCH3 is 3. The van der Waals surface area contributed by atoms with Crippen LogP contribution in [-0.2, 0) is 67.8 Å². The van der Waals surface area contributed by atoms with E-state index in [4.69, 9.17) is 34.2 Å². The molecule has 12 aromatic rings. The van der Waals surface area contributed by atoms with Crippen molar-refractivity contribution in [1.29, 1.82) is 0 Å². The predicted octanol–water partition coefficient (Wildman–Crippen LogP) is 11.3. The number of aliphatic hydroxyl groups excluding tert-OH is 3. The normalized spacial score (nSPS) is 26.8. The number of benzene rings is 6. The van der Waals surface area contributed by atoms with Crippen molar-refractivity contribution in [3.05, 3.63) is 318 Å². The van der Waals surface area contributed by atoms with Crippen molar-refractivity contribution in [3.63, 3.8) is 0 Å². The molecule has 18 rings (SSSR count). The van der Waals surface area contributed by atoms with Gasteiger partial charge in [-0.2, -0.15) is 15.3 Å². The Labute approximate surface area is 708 Å². The molecule has 6 aromatic carbocycles. The molecule has 0 bridgehead atoms. The second kappa shape index (κ2) is 34.4. The van der Waals surface area contributed by atoms with Crippen LogP contribution in [0.4, 0.5) is 0 Å². The van der Waals surface area contributed by atoms with Gasteiger partial charge in [0.05, 0.1) is 86.6 Å². The Morgan fingerprint density at radius 2 is 0.737 bits per heavy atom. The van der Waals surface area contributed by atoms with Crippen LogP contribution in [0.5, 0.6) is 34.5 Å². The molecule has 10 N–H and O–H groups in total. The maximum absolute atomic E-state index is 13.3. The highest BCUT2D eigenvalue weighted by Crippen LogP contribution is 2.75. The summed E-state index contributed by atoms with van der Waals surface area (Å²) < 4.78 is 45.7. The molecule has 0 spiro atoms. The number of carbonyl (C=O) groups excluding carboxylic acids is 1. The number of halogens is 3. The zero-order valence-electron chi connectivity index (χ0n) is 65.7. The van der Waals surface area contributed by atoms with E-state index in [9.17, 15) is 35.4 Å². The number of aromatic nitrogens is 9. The maximum Gasteiger partial charge on any atom is 0.174 e. The smallest absolute Gasteiger partial charge is 0.174 e. The van der Waals surface area contributed by atoms with E-state index in [0.717, 1.165) is 64.5 Å². The fourth-order valence-corrected chi connectivity index (χ4v) is 20.9. The number of hydrogen-bond acceptors (Lipinski definition) is 22.